The minimum atomic E-state index is -2.15. The summed E-state index contributed by atoms with van der Waals surface area (Å²) in [6, 6.07) is 0. The van der Waals surface area contributed by atoms with Crippen molar-refractivity contribution in [2.45, 2.75) is 166 Å². The van der Waals surface area contributed by atoms with Gasteiger partial charge >= 0.3 is 6.09 Å². The summed E-state index contributed by atoms with van der Waals surface area (Å²) in [5.41, 5.74) is 2.08. The van der Waals surface area contributed by atoms with Crippen LogP contribution < -0.4 is 10.6 Å². The summed E-state index contributed by atoms with van der Waals surface area (Å²) < 4.78 is 16.5. The molecule has 4 aliphatic carbocycles. The summed E-state index contributed by atoms with van der Waals surface area (Å²) in [6.45, 7) is 11.6. The first kappa shape index (κ1) is 50.0. The molecular weight excluding hydrogens is 791 g/mol. The maximum absolute atomic E-state index is 12.9. The number of allylic oxidation sites excluding steroid dienone is 1. The van der Waals surface area contributed by atoms with E-state index in [9.17, 15) is 50.4 Å². The third-order valence-electron chi connectivity index (χ3n) is 15.7. The zero-order valence-electron chi connectivity index (χ0n) is 37.4. The van der Waals surface area contributed by atoms with E-state index < -0.39 is 80.3 Å². The molecule has 5 aliphatic rings. The first-order valence-corrected chi connectivity index (χ1v) is 23.1. The molecule has 0 aromatic heterocycles. The first-order valence-electron chi connectivity index (χ1n) is 23.1. The number of alkyl carbamates (subject to hydrolysis) is 1. The topological polar surface area (TPSA) is 251 Å². The van der Waals surface area contributed by atoms with Crippen molar-refractivity contribution in [3.8, 4) is 0 Å². The van der Waals surface area contributed by atoms with E-state index in [4.69, 9.17) is 14.2 Å². The van der Waals surface area contributed by atoms with Gasteiger partial charge in [0, 0.05) is 32.6 Å². The normalized spacial score (nSPS) is 37.4. The van der Waals surface area contributed by atoms with Gasteiger partial charge < -0.3 is 70.6 Å². The van der Waals surface area contributed by atoms with Gasteiger partial charge in [0.2, 0.25) is 0 Å². The van der Waals surface area contributed by atoms with Crippen LogP contribution in [0.25, 0.3) is 0 Å². The molecule has 10 N–H and O–H groups in total. The van der Waals surface area contributed by atoms with Crippen LogP contribution in [-0.2, 0) is 19.0 Å². The maximum atomic E-state index is 12.9. The molecule has 0 aromatic carbocycles. The van der Waals surface area contributed by atoms with E-state index in [0.717, 1.165) is 55.3 Å². The smallest absolute Gasteiger partial charge is 0.407 e. The van der Waals surface area contributed by atoms with Crippen LogP contribution in [0, 0.1) is 46.3 Å². The number of aliphatic hydroxyl groups excluding tert-OH is 8. The second-order valence-electron chi connectivity index (χ2n) is 20.1. The van der Waals surface area contributed by atoms with E-state index in [1.807, 2.05) is 4.90 Å². The predicted octanol–water partition coefficient (Wildman–Crippen LogP) is 1.43. The summed E-state index contributed by atoms with van der Waals surface area (Å²) in [5.74, 6) is 3.62. The molecule has 16 nitrogen and oxygen atoms in total. The van der Waals surface area contributed by atoms with E-state index in [0.29, 0.717) is 31.0 Å². The fourth-order valence-electron chi connectivity index (χ4n) is 12.1. The molecule has 4 fully saturated rings. The molecule has 0 spiro atoms. The highest BCUT2D eigenvalue weighted by atomic mass is 16.7. The molecule has 1 heterocycles. The van der Waals surface area contributed by atoms with E-state index in [-0.39, 0.29) is 18.1 Å². The fraction of sp³-hybridized carbons (Fsp3) is 0.911. The van der Waals surface area contributed by atoms with E-state index in [1.165, 1.54) is 50.5 Å². The van der Waals surface area contributed by atoms with E-state index in [1.54, 1.807) is 7.05 Å². The Balaban J connectivity index is 1.01. The molecular formula is C45H79N3O13. The SMILES string of the molecule is CC(C)CCCC(C)C1CCC2C3CC=C4CC(OC(=O)NCCN(C)CCNC(=O)C(O)C(O)C(OC5OC(CO)C(O)[C@H](O)C5O)C(O)CO)CCC4(C)C3CCC12C. The van der Waals surface area contributed by atoms with Crippen LogP contribution in [0.1, 0.15) is 105 Å². The van der Waals surface area contributed by atoms with Crippen molar-refractivity contribution >= 4 is 12.0 Å². The molecule has 17 atom stereocenters. The number of amides is 2. The fourth-order valence-corrected chi connectivity index (χ4v) is 12.1. The van der Waals surface area contributed by atoms with Gasteiger partial charge in [-0.15, -0.1) is 0 Å². The number of aliphatic hydroxyl groups is 8. The highest BCUT2D eigenvalue weighted by Gasteiger charge is 2.59. The molecule has 16 heteroatoms. The van der Waals surface area contributed by atoms with Gasteiger partial charge in [0.25, 0.3) is 5.91 Å². The number of nitrogens with zero attached hydrogens (tertiary/aromatic N) is 1. The predicted molar refractivity (Wildman–Crippen MR) is 226 cm³/mol. The standard InChI is InChI=1S/C45H79N3O13/c1-25(2)8-7-9-26(3)30-12-13-31-29-11-10-27-22-28(14-16-44(27,4)32(29)15-17-45(30,31)5)59-43(58)47-19-21-48(6)20-18-46-41(57)38(55)37(54)40(33(51)23-49)61-42-39(56)36(53)35(52)34(24-50)60-42/h10,25-26,28-40,42,49-56H,7-9,11-24H2,1-6H3,(H,46,57)(H,47,58)/t26?,28?,29?,30?,31?,32?,33?,34?,35?,36-,37?,38?,39?,40?,42?,44?,45?/m0/s1. The minimum Gasteiger partial charge on any atom is -0.446 e. The number of carbonyl (C=O) groups excluding carboxylic acids is 2. The van der Waals surface area contributed by atoms with Crippen molar-refractivity contribution in [1.82, 2.24) is 15.5 Å². The van der Waals surface area contributed by atoms with Gasteiger partial charge in [0.1, 0.15) is 48.8 Å². The Kier molecular flexibility index (Phi) is 17.9. The third-order valence-corrected chi connectivity index (χ3v) is 15.7. The first-order chi connectivity index (χ1) is 28.9. The molecule has 1 aliphatic heterocycles. The van der Waals surface area contributed by atoms with Crippen LogP contribution >= 0.6 is 0 Å². The average molecular weight is 870 g/mol. The van der Waals surface area contributed by atoms with Gasteiger partial charge in [-0.2, -0.15) is 0 Å². The molecule has 2 amide bonds. The van der Waals surface area contributed by atoms with Gasteiger partial charge in [-0.1, -0.05) is 65.5 Å². The molecule has 0 aromatic rings. The Morgan fingerprint density at radius 2 is 1.62 bits per heavy atom. The van der Waals surface area contributed by atoms with Gasteiger partial charge in [-0.25, -0.2) is 4.79 Å². The summed E-state index contributed by atoms with van der Waals surface area (Å²) >= 11 is 0. The highest BCUT2D eigenvalue weighted by molar-refractivity contribution is 5.81. The van der Waals surface area contributed by atoms with Crippen molar-refractivity contribution in [2.24, 2.45) is 46.3 Å². The number of hydrogen-bond acceptors (Lipinski definition) is 14. The molecule has 1 saturated heterocycles. The molecule has 5 rings (SSSR count). The summed E-state index contributed by atoms with van der Waals surface area (Å²) in [6.07, 6.45) is -1.52. The quantitative estimate of drug-likeness (QED) is 0.0779. The largest absolute Gasteiger partial charge is 0.446 e. The lowest BCUT2D eigenvalue weighted by atomic mass is 9.47. The maximum Gasteiger partial charge on any atom is 0.407 e. The second-order valence-corrected chi connectivity index (χ2v) is 20.1. The molecule has 61 heavy (non-hydrogen) atoms. The summed E-state index contributed by atoms with van der Waals surface area (Å²) in [7, 11) is 1.78. The highest BCUT2D eigenvalue weighted by Crippen LogP contribution is 2.67. The molecule has 0 bridgehead atoms. The third kappa shape index (κ3) is 11.5. The van der Waals surface area contributed by atoms with Crippen molar-refractivity contribution in [2.75, 3.05) is 46.4 Å². The number of hydrogen-bond donors (Lipinski definition) is 10. The van der Waals surface area contributed by atoms with Crippen LogP contribution in [0.4, 0.5) is 4.79 Å². The number of ether oxygens (including phenoxy) is 3. The lowest BCUT2D eigenvalue weighted by Gasteiger charge is -2.58. The van der Waals surface area contributed by atoms with Crippen LogP contribution in [0.15, 0.2) is 11.6 Å². The lowest BCUT2D eigenvalue weighted by Crippen LogP contribution is -2.62. The minimum absolute atomic E-state index is 0.0419. The molecule has 16 unspecified atom stereocenters. The van der Waals surface area contributed by atoms with E-state index in [2.05, 4.69) is 51.3 Å². The van der Waals surface area contributed by atoms with Crippen molar-refractivity contribution in [3.05, 3.63) is 11.6 Å². The van der Waals surface area contributed by atoms with Crippen LogP contribution in [0.3, 0.4) is 0 Å². The zero-order chi connectivity index (χ0) is 44.8. The molecule has 352 valence electrons. The van der Waals surface area contributed by atoms with Crippen molar-refractivity contribution in [3.63, 3.8) is 0 Å². The van der Waals surface area contributed by atoms with Crippen molar-refractivity contribution in [1.29, 1.82) is 0 Å². The van der Waals surface area contributed by atoms with E-state index >= 15 is 0 Å². The summed E-state index contributed by atoms with van der Waals surface area (Å²) in [4.78, 5) is 27.5. The second kappa shape index (κ2) is 21.8. The lowest BCUT2D eigenvalue weighted by molar-refractivity contribution is -0.326. The molecule has 0 radical (unpaired) electrons. The monoisotopic (exact) mass is 870 g/mol. The number of nitrogens with one attached hydrogen (secondary N) is 2. The summed E-state index contributed by atoms with van der Waals surface area (Å²) in [5, 5.41) is 86.2. The molecule has 3 saturated carbocycles. The Morgan fingerprint density at radius 1 is 0.918 bits per heavy atom. The van der Waals surface area contributed by atoms with Gasteiger partial charge in [0.05, 0.1) is 13.2 Å². The average Bonchev–Trinajstić information content (AvgIpc) is 3.59. The Hall–Kier alpha value is -1.96. The van der Waals surface area contributed by atoms with Gasteiger partial charge in [0.15, 0.2) is 12.4 Å². The Labute approximate surface area is 362 Å². The number of rotatable bonds is 20. The van der Waals surface area contributed by atoms with Crippen LogP contribution in [-0.4, -0.2) is 165 Å². The van der Waals surface area contributed by atoms with Gasteiger partial charge in [-0.05, 0) is 98.3 Å². The van der Waals surface area contributed by atoms with Gasteiger partial charge in [-0.3, -0.25) is 4.79 Å². The van der Waals surface area contributed by atoms with Crippen LogP contribution in [0.5, 0.6) is 0 Å². The zero-order valence-corrected chi connectivity index (χ0v) is 37.4. The number of carbonyl (C=O) groups is 2. The Bertz CT molecular complexity index is 1450. The Morgan fingerprint density at radius 3 is 2.30 bits per heavy atom. The number of likely N-dealkylation sites (N-methyl/N-ethyl adjacent to an activating group) is 1. The van der Waals surface area contributed by atoms with Crippen molar-refractivity contribution < 1.29 is 64.7 Å². The number of fused-ring (bicyclic) bond motifs is 5. The van der Waals surface area contributed by atoms with Crippen LogP contribution in [0.2, 0.25) is 0 Å².